The van der Waals surface area contributed by atoms with Crippen LogP contribution in [0.1, 0.15) is 64.9 Å². The molecule has 3 rings (SSSR count). The van der Waals surface area contributed by atoms with Crippen LogP contribution < -0.4 is 21.7 Å². The average Bonchev–Trinajstić information content (AvgIpc) is 3.28. The Balaban J connectivity index is 1.95. The third-order valence-corrected chi connectivity index (χ3v) is 11.2. The number of para-hydroxylation sites is 2. The van der Waals surface area contributed by atoms with Crippen LogP contribution in [0.25, 0.3) is 11.0 Å². The molecular weight excluding hydrogens is 845 g/mol. The Hall–Kier alpha value is -6.35. The van der Waals surface area contributed by atoms with Crippen LogP contribution >= 0.6 is 0 Å². The van der Waals surface area contributed by atoms with Gasteiger partial charge in [0.25, 0.3) is 5.91 Å². The maximum atomic E-state index is 14.5. The van der Waals surface area contributed by atoms with Crippen molar-refractivity contribution in [3.05, 3.63) is 48.3 Å². The highest BCUT2D eigenvalue weighted by atomic mass is 16.5. The van der Waals surface area contributed by atoms with Crippen LogP contribution in [0.2, 0.25) is 0 Å². The zero-order valence-corrected chi connectivity index (χ0v) is 39.0. The van der Waals surface area contributed by atoms with Gasteiger partial charge in [-0.2, -0.15) is 0 Å². The first kappa shape index (κ1) is 53.0. The zero-order chi connectivity index (χ0) is 48.9. The lowest BCUT2D eigenvalue weighted by Crippen LogP contribution is -2.58. The number of benzene rings is 1. The molecule has 0 aliphatic carbocycles. The van der Waals surface area contributed by atoms with Crippen LogP contribution in [0.15, 0.2) is 42.6 Å². The number of hydrogen-bond acceptors (Lipinski definition) is 15. The SMILES string of the molecule is CNC(C)C(=O)N(C)[C@H]1C/C=C\C[C@@H](C(=O)N(C)C(C(=O)OCC(C=O)NC(=O)c2cnc3ccccc3n2)C(C)C)N(C)C(=O)C(C)NC(=O)C(N)COC(=O)C(C(C)C)N(C)C1=O. The molecule has 21 nitrogen and oxygen atoms in total. The summed E-state index contributed by atoms with van der Waals surface area (Å²) in [6, 6.07) is -2.56. The second-order valence-electron chi connectivity index (χ2n) is 16.7. The molecule has 1 aliphatic rings. The third kappa shape index (κ3) is 13.6. The fraction of sp³-hybridized carbons (Fsp3) is 0.568. The molecule has 2 heterocycles. The number of nitrogens with one attached hydrogen (secondary N) is 3. The summed E-state index contributed by atoms with van der Waals surface area (Å²) in [7, 11) is 7.15. The molecule has 0 saturated heterocycles. The van der Waals surface area contributed by atoms with Crippen LogP contribution in [0.3, 0.4) is 0 Å². The lowest BCUT2D eigenvalue weighted by atomic mass is 10.00. The van der Waals surface area contributed by atoms with E-state index in [1.165, 1.54) is 51.1 Å². The lowest BCUT2D eigenvalue weighted by Gasteiger charge is -2.36. The number of amides is 6. The van der Waals surface area contributed by atoms with E-state index >= 15 is 0 Å². The van der Waals surface area contributed by atoms with Crippen molar-refractivity contribution < 1.29 is 52.6 Å². The van der Waals surface area contributed by atoms with E-state index < -0.39 is 121 Å². The van der Waals surface area contributed by atoms with Gasteiger partial charge in [0, 0.05) is 28.2 Å². The molecule has 6 unspecified atom stereocenters. The Morgan fingerprint density at radius 1 is 0.985 bits per heavy atom. The molecule has 1 aliphatic heterocycles. The lowest BCUT2D eigenvalue weighted by molar-refractivity contribution is -0.160. The van der Waals surface area contributed by atoms with Crippen molar-refractivity contribution in [2.75, 3.05) is 48.5 Å². The molecule has 0 spiro atoms. The number of hydrogen-bond donors (Lipinski definition) is 4. The van der Waals surface area contributed by atoms with Crippen LogP contribution in [-0.2, 0) is 47.8 Å². The van der Waals surface area contributed by atoms with Crippen LogP contribution in [-0.4, -0.2) is 180 Å². The fourth-order valence-corrected chi connectivity index (χ4v) is 7.24. The van der Waals surface area contributed by atoms with Gasteiger partial charge in [-0.25, -0.2) is 14.6 Å². The molecule has 2 aromatic rings. The van der Waals surface area contributed by atoms with Gasteiger partial charge in [-0.1, -0.05) is 52.0 Å². The van der Waals surface area contributed by atoms with Crippen molar-refractivity contribution in [1.29, 1.82) is 0 Å². The van der Waals surface area contributed by atoms with E-state index in [0.29, 0.717) is 17.3 Å². The predicted molar refractivity (Wildman–Crippen MR) is 237 cm³/mol. The van der Waals surface area contributed by atoms with Gasteiger partial charge in [0.15, 0.2) is 0 Å². The molecule has 356 valence electrons. The summed E-state index contributed by atoms with van der Waals surface area (Å²) in [5.41, 5.74) is 7.02. The molecule has 1 aromatic carbocycles. The highest BCUT2D eigenvalue weighted by Crippen LogP contribution is 2.20. The number of carbonyl (C=O) groups is 9. The number of aromatic nitrogens is 2. The quantitative estimate of drug-likeness (QED) is 0.111. The zero-order valence-electron chi connectivity index (χ0n) is 39.0. The Morgan fingerprint density at radius 3 is 2.22 bits per heavy atom. The number of carbonyl (C=O) groups excluding carboxylic acids is 9. The van der Waals surface area contributed by atoms with E-state index in [4.69, 9.17) is 15.2 Å². The van der Waals surface area contributed by atoms with Crippen molar-refractivity contribution in [2.45, 2.75) is 103 Å². The number of esters is 2. The number of likely N-dealkylation sites (N-methyl/N-ethyl adjacent to an activating group) is 5. The van der Waals surface area contributed by atoms with Gasteiger partial charge < -0.3 is 55.6 Å². The van der Waals surface area contributed by atoms with Gasteiger partial charge in [0.05, 0.1) is 23.3 Å². The van der Waals surface area contributed by atoms with Gasteiger partial charge in [0.1, 0.15) is 67.5 Å². The van der Waals surface area contributed by atoms with Crippen molar-refractivity contribution >= 4 is 64.7 Å². The number of cyclic esters (lactones) is 1. The van der Waals surface area contributed by atoms with Gasteiger partial charge >= 0.3 is 11.9 Å². The summed E-state index contributed by atoms with van der Waals surface area (Å²) in [5.74, 6) is -6.78. The number of ether oxygens (including phenoxy) is 2. The normalized spacial score (nSPS) is 22.5. The average molecular weight is 909 g/mol. The summed E-state index contributed by atoms with van der Waals surface area (Å²) in [5, 5.41) is 7.82. The standard InChI is InChI=1S/C44H64N10O11/c1-24(2)35(43(62)64-22-28(21-55)49-38(57)32-20-47-30-16-12-13-17-31(30)50-32)53(10)42(61)34-19-15-14-18-33(51(8)39(58)26(5)46-7)41(60)54(11)36(25(3)4)44(63)65-23-29(45)37(56)48-27(6)40(59)52(34)9/h12-17,20-21,24-29,33-36,46H,18-19,22-23,45H2,1-11H3,(H,48,56)(H,49,57)/b15-14-/t26?,27?,28?,29?,33-,34-,35?,36?/m0/s1. The first-order valence-corrected chi connectivity index (χ1v) is 21.3. The summed E-state index contributed by atoms with van der Waals surface area (Å²) >= 11 is 0. The Bertz CT molecular complexity index is 2100. The number of fused-ring (bicyclic) bond motifs is 1. The molecule has 21 heteroatoms. The van der Waals surface area contributed by atoms with Gasteiger partial charge in [-0.15, -0.1) is 0 Å². The van der Waals surface area contributed by atoms with Gasteiger partial charge in [0.2, 0.25) is 29.5 Å². The van der Waals surface area contributed by atoms with Crippen molar-refractivity contribution in [3.8, 4) is 0 Å². The maximum Gasteiger partial charge on any atom is 0.329 e. The van der Waals surface area contributed by atoms with E-state index in [1.807, 2.05) is 0 Å². The molecule has 0 saturated carbocycles. The van der Waals surface area contributed by atoms with Crippen LogP contribution in [0.5, 0.6) is 0 Å². The Morgan fingerprint density at radius 2 is 1.62 bits per heavy atom. The van der Waals surface area contributed by atoms with Gasteiger partial charge in [-0.05, 0) is 57.7 Å². The number of nitrogens with two attached hydrogens (primary N) is 1. The van der Waals surface area contributed by atoms with E-state index in [9.17, 15) is 43.2 Å². The van der Waals surface area contributed by atoms with E-state index in [2.05, 4.69) is 25.9 Å². The summed E-state index contributed by atoms with van der Waals surface area (Å²) in [4.78, 5) is 134. The second-order valence-corrected chi connectivity index (χ2v) is 16.7. The first-order valence-electron chi connectivity index (χ1n) is 21.3. The van der Waals surface area contributed by atoms with E-state index in [1.54, 1.807) is 78.1 Å². The van der Waals surface area contributed by atoms with Crippen molar-refractivity contribution in [2.24, 2.45) is 17.6 Å². The molecule has 1 aromatic heterocycles. The highest BCUT2D eigenvalue weighted by molar-refractivity contribution is 5.96. The Labute approximate surface area is 379 Å². The van der Waals surface area contributed by atoms with Crippen LogP contribution in [0, 0.1) is 11.8 Å². The van der Waals surface area contributed by atoms with E-state index in [0.717, 1.165) is 9.80 Å². The maximum absolute atomic E-state index is 14.5. The minimum Gasteiger partial charge on any atom is -0.462 e. The minimum atomic E-state index is -1.42. The highest BCUT2D eigenvalue weighted by Gasteiger charge is 2.40. The minimum absolute atomic E-state index is 0.0689. The molecule has 0 fully saturated rings. The topological polar surface area (TPSA) is 273 Å². The monoisotopic (exact) mass is 908 g/mol. The summed E-state index contributed by atoms with van der Waals surface area (Å²) in [6.07, 6.45) is 4.53. The molecule has 65 heavy (non-hydrogen) atoms. The van der Waals surface area contributed by atoms with Crippen molar-refractivity contribution in [3.63, 3.8) is 0 Å². The van der Waals surface area contributed by atoms with Crippen molar-refractivity contribution in [1.82, 2.24) is 45.5 Å². The van der Waals surface area contributed by atoms with Crippen LogP contribution in [0.4, 0.5) is 0 Å². The molecule has 0 radical (unpaired) electrons. The number of rotatable bonds is 13. The number of nitrogens with zero attached hydrogens (tertiary/aromatic N) is 6. The molecular formula is C44H64N10O11. The molecule has 8 atom stereocenters. The van der Waals surface area contributed by atoms with Gasteiger partial charge in [-0.3, -0.25) is 33.8 Å². The number of aldehydes is 1. The van der Waals surface area contributed by atoms with E-state index in [-0.39, 0.29) is 18.5 Å². The third-order valence-electron chi connectivity index (χ3n) is 11.2. The summed E-state index contributed by atoms with van der Waals surface area (Å²) < 4.78 is 10.9. The first-order chi connectivity index (χ1) is 30.6. The molecule has 0 bridgehead atoms. The smallest absolute Gasteiger partial charge is 0.329 e. The Kier molecular flexibility index (Phi) is 19.6. The fourth-order valence-electron chi connectivity index (χ4n) is 7.24. The summed E-state index contributed by atoms with van der Waals surface area (Å²) in [6.45, 7) is 8.57. The predicted octanol–water partition coefficient (Wildman–Crippen LogP) is -0.577. The second kappa shape index (κ2) is 24.1. The molecule has 6 amide bonds. The largest absolute Gasteiger partial charge is 0.462 e. The molecule has 5 N–H and O–H groups in total.